The second-order valence-electron chi connectivity index (χ2n) is 17.7. The Balaban J connectivity index is 4.39. The van der Waals surface area contributed by atoms with Gasteiger partial charge in [0.25, 0.3) is 6.29 Å². The van der Waals surface area contributed by atoms with E-state index in [4.69, 9.17) is 18.9 Å². The molecule has 0 amide bonds. The number of carboxylic acid groups (broad SMARTS) is 1. The number of hydrogen-bond acceptors (Lipinski definition) is 7. The van der Waals surface area contributed by atoms with Crippen LogP contribution in [0.3, 0.4) is 0 Å². The molecule has 0 aromatic rings. The van der Waals surface area contributed by atoms with E-state index in [2.05, 4.69) is 135 Å². The molecule has 0 saturated carbocycles. The van der Waals surface area contributed by atoms with E-state index in [-0.39, 0.29) is 32.7 Å². The van der Waals surface area contributed by atoms with E-state index in [0.717, 1.165) is 103 Å². The normalized spacial score (nSPS) is 13.9. The van der Waals surface area contributed by atoms with Crippen LogP contribution in [-0.4, -0.2) is 87.4 Å². The zero-order valence-corrected chi connectivity index (χ0v) is 42.8. The van der Waals surface area contributed by atoms with Crippen LogP contribution in [0.15, 0.2) is 122 Å². The molecular weight excluding hydrogens is 839 g/mol. The van der Waals surface area contributed by atoms with Gasteiger partial charge in [0.2, 0.25) is 0 Å². The fourth-order valence-electron chi connectivity index (χ4n) is 6.30. The lowest BCUT2D eigenvalue weighted by atomic mass is 10.1. The first-order chi connectivity index (χ1) is 32.6. The van der Waals surface area contributed by atoms with Crippen LogP contribution in [0.2, 0.25) is 0 Å². The molecule has 378 valence electrons. The number of unbranched alkanes of at least 4 members (excludes halogenated alkanes) is 10. The van der Waals surface area contributed by atoms with E-state index >= 15 is 0 Å². The molecular formula is C58H94NO8+. The van der Waals surface area contributed by atoms with Crippen molar-refractivity contribution in [2.24, 2.45) is 0 Å². The van der Waals surface area contributed by atoms with E-state index in [1.54, 1.807) is 0 Å². The molecule has 0 fully saturated rings. The quantitative estimate of drug-likeness (QED) is 0.0211. The lowest BCUT2D eigenvalue weighted by Gasteiger charge is -2.25. The number of carbonyl (C=O) groups is 3. The standard InChI is InChI=1S/C58H93NO8/c1-6-8-10-12-14-16-18-20-22-23-24-25-26-27-28-29-30-31-32-33-35-37-39-41-43-45-47-49-56(61)67-54(53-66-58(57(62)63)64-51-50-59(3,4)5)52-65-55(60)48-46-44-42-40-38-36-34-21-19-17-15-13-11-9-7-2/h8-11,14-17,20-22,24-25,27-28,30-31,34,38,40,54,58H,6-7,12-13,18-19,23,26,29,32-33,35-37,39,41-53H2,1-5H3/p+1/b10-8-,11-9-,16-14-,17-15-,22-20-,25-24-,28-27-,31-30-,34-21-,40-38-. The average molecular weight is 933 g/mol. The van der Waals surface area contributed by atoms with Gasteiger partial charge in [0.05, 0.1) is 34.4 Å². The Kier molecular flexibility index (Phi) is 45.1. The largest absolute Gasteiger partial charge is 0.477 e. The van der Waals surface area contributed by atoms with Crippen molar-refractivity contribution < 1.29 is 42.9 Å². The van der Waals surface area contributed by atoms with Crippen molar-refractivity contribution in [2.75, 3.05) is 47.5 Å². The Morgan fingerprint density at radius 2 is 0.806 bits per heavy atom. The molecule has 2 atom stereocenters. The van der Waals surface area contributed by atoms with Crippen molar-refractivity contribution >= 4 is 17.9 Å². The fourth-order valence-corrected chi connectivity index (χ4v) is 6.30. The number of ether oxygens (including phenoxy) is 4. The number of hydrogen-bond donors (Lipinski definition) is 1. The summed E-state index contributed by atoms with van der Waals surface area (Å²) >= 11 is 0. The third-order valence-corrected chi connectivity index (χ3v) is 10.2. The third kappa shape index (κ3) is 49.4. The van der Waals surface area contributed by atoms with E-state index in [1.807, 2.05) is 21.1 Å². The van der Waals surface area contributed by atoms with Gasteiger partial charge in [-0.05, 0) is 103 Å². The highest BCUT2D eigenvalue weighted by Crippen LogP contribution is 2.13. The van der Waals surface area contributed by atoms with Crippen LogP contribution in [0, 0.1) is 0 Å². The number of nitrogens with zero attached hydrogens (tertiary/aromatic N) is 1. The van der Waals surface area contributed by atoms with Gasteiger partial charge in [-0.25, -0.2) is 4.79 Å². The van der Waals surface area contributed by atoms with Crippen LogP contribution in [0.4, 0.5) is 0 Å². The molecule has 0 heterocycles. The van der Waals surface area contributed by atoms with Crippen molar-refractivity contribution in [3.63, 3.8) is 0 Å². The summed E-state index contributed by atoms with van der Waals surface area (Å²) in [5.74, 6) is -2.09. The minimum Gasteiger partial charge on any atom is -0.477 e. The number of carboxylic acids is 1. The predicted molar refractivity (Wildman–Crippen MR) is 281 cm³/mol. The first kappa shape index (κ1) is 62.7. The molecule has 1 N–H and O–H groups in total. The molecule has 0 aromatic carbocycles. The fraction of sp³-hybridized carbons (Fsp3) is 0.603. The number of likely N-dealkylation sites (N-methyl/N-ethyl adjacent to an activating group) is 1. The van der Waals surface area contributed by atoms with Crippen molar-refractivity contribution in [1.29, 1.82) is 0 Å². The number of carbonyl (C=O) groups excluding carboxylic acids is 2. The molecule has 0 bridgehead atoms. The van der Waals surface area contributed by atoms with E-state index in [1.165, 1.54) is 25.7 Å². The summed E-state index contributed by atoms with van der Waals surface area (Å²) < 4.78 is 22.7. The Hall–Kier alpha value is -4.31. The third-order valence-electron chi connectivity index (χ3n) is 10.2. The second-order valence-corrected chi connectivity index (χ2v) is 17.7. The van der Waals surface area contributed by atoms with Gasteiger partial charge in [0, 0.05) is 12.8 Å². The SMILES string of the molecule is CC/C=C\C/C=C\C/C=C\C/C=C\C/C=C\C/C=C\CCCCCCCCCCC(=O)OC(COC(=O)CCCC/C=C\C/C=C\C/C=C\C/C=C\CC)COC(OCC[N+](C)(C)C)C(=O)O. The van der Waals surface area contributed by atoms with Gasteiger partial charge in [-0.3, -0.25) is 9.59 Å². The maximum Gasteiger partial charge on any atom is 0.361 e. The molecule has 0 radical (unpaired) electrons. The molecule has 2 unspecified atom stereocenters. The Labute approximate surface area is 408 Å². The van der Waals surface area contributed by atoms with Crippen LogP contribution in [-0.2, 0) is 33.3 Å². The highest BCUT2D eigenvalue weighted by atomic mass is 16.7. The van der Waals surface area contributed by atoms with Crippen molar-refractivity contribution in [2.45, 2.75) is 180 Å². The van der Waals surface area contributed by atoms with Crippen molar-refractivity contribution in [3.8, 4) is 0 Å². The van der Waals surface area contributed by atoms with Crippen LogP contribution < -0.4 is 0 Å². The van der Waals surface area contributed by atoms with Gasteiger partial charge in [-0.2, -0.15) is 0 Å². The molecule has 0 spiro atoms. The molecule has 9 nitrogen and oxygen atoms in total. The van der Waals surface area contributed by atoms with E-state index in [9.17, 15) is 19.5 Å². The van der Waals surface area contributed by atoms with Gasteiger partial charge < -0.3 is 28.5 Å². The summed E-state index contributed by atoms with van der Waals surface area (Å²) in [7, 11) is 5.93. The molecule has 9 heteroatoms. The summed E-state index contributed by atoms with van der Waals surface area (Å²) in [6.45, 7) is 4.55. The molecule has 0 aliphatic rings. The van der Waals surface area contributed by atoms with Crippen molar-refractivity contribution in [1.82, 2.24) is 0 Å². The lowest BCUT2D eigenvalue weighted by Crippen LogP contribution is -2.40. The first-order valence-corrected chi connectivity index (χ1v) is 25.7. The molecule has 0 saturated heterocycles. The van der Waals surface area contributed by atoms with Gasteiger partial charge in [-0.15, -0.1) is 0 Å². The number of esters is 2. The summed E-state index contributed by atoms with van der Waals surface area (Å²) in [4.78, 5) is 37.3. The highest BCUT2D eigenvalue weighted by molar-refractivity contribution is 5.71. The lowest BCUT2D eigenvalue weighted by molar-refractivity contribution is -0.870. The van der Waals surface area contributed by atoms with Crippen molar-refractivity contribution in [3.05, 3.63) is 122 Å². The number of aliphatic carboxylic acids is 1. The summed E-state index contributed by atoms with van der Waals surface area (Å²) in [5, 5.41) is 9.67. The Bertz CT molecular complexity index is 1510. The Morgan fingerprint density at radius 3 is 1.22 bits per heavy atom. The first-order valence-electron chi connectivity index (χ1n) is 25.7. The van der Waals surface area contributed by atoms with Crippen LogP contribution in [0.25, 0.3) is 0 Å². The highest BCUT2D eigenvalue weighted by Gasteiger charge is 2.25. The topological polar surface area (TPSA) is 108 Å². The minimum absolute atomic E-state index is 0.172. The molecule has 67 heavy (non-hydrogen) atoms. The maximum atomic E-state index is 12.8. The second kappa shape index (κ2) is 48.2. The number of quaternary nitrogens is 1. The molecule has 0 rings (SSSR count). The van der Waals surface area contributed by atoms with Crippen LogP contribution in [0.1, 0.15) is 168 Å². The number of rotatable bonds is 45. The summed E-state index contributed by atoms with van der Waals surface area (Å²) in [6, 6.07) is 0. The minimum atomic E-state index is -1.53. The summed E-state index contributed by atoms with van der Waals surface area (Å²) in [5.41, 5.74) is 0. The van der Waals surface area contributed by atoms with Gasteiger partial charge >= 0.3 is 17.9 Å². The Morgan fingerprint density at radius 1 is 0.448 bits per heavy atom. The number of allylic oxidation sites excluding steroid dienone is 20. The van der Waals surface area contributed by atoms with E-state index in [0.29, 0.717) is 23.9 Å². The summed E-state index contributed by atoms with van der Waals surface area (Å²) in [6.07, 6.45) is 64.1. The average Bonchev–Trinajstić information content (AvgIpc) is 3.29. The van der Waals surface area contributed by atoms with E-state index < -0.39 is 30.3 Å². The molecule has 0 aromatic heterocycles. The maximum absolute atomic E-state index is 12.8. The zero-order valence-electron chi connectivity index (χ0n) is 42.8. The van der Waals surface area contributed by atoms with Crippen LogP contribution in [0.5, 0.6) is 0 Å². The monoisotopic (exact) mass is 933 g/mol. The molecule has 0 aliphatic carbocycles. The smallest absolute Gasteiger partial charge is 0.361 e. The van der Waals surface area contributed by atoms with Gasteiger partial charge in [0.15, 0.2) is 6.10 Å². The predicted octanol–water partition coefficient (Wildman–Crippen LogP) is 14.6. The zero-order chi connectivity index (χ0) is 49.2. The van der Waals surface area contributed by atoms with Gasteiger partial charge in [-0.1, -0.05) is 174 Å². The van der Waals surface area contributed by atoms with Gasteiger partial charge in [0.1, 0.15) is 13.2 Å². The van der Waals surface area contributed by atoms with Crippen LogP contribution >= 0.6 is 0 Å². The molecule has 0 aliphatic heterocycles.